The summed E-state index contributed by atoms with van der Waals surface area (Å²) >= 11 is 1.91. The minimum absolute atomic E-state index is 0.717. The van der Waals surface area contributed by atoms with Gasteiger partial charge in [-0.2, -0.15) is 0 Å². The number of rotatable bonds is 3. The topological polar surface area (TPSA) is 0 Å². The second kappa shape index (κ2) is 6.09. The summed E-state index contributed by atoms with van der Waals surface area (Å²) in [5.41, 5.74) is 0. The Hall–Kier alpha value is -0.820. The van der Waals surface area contributed by atoms with Gasteiger partial charge in [-0.15, -0.1) is 11.3 Å². The van der Waals surface area contributed by atoms with Crippen molar-refractivity contribution in [2.45, 2.75) is 39.0 Å². The highest BCUT2D eigenvalue weighted by molar-refractivity contribution is 7.09. The van der Waals surface area contributed by atoms with E-state index >= 15 is 0 Å². The molecule has 0 nitrogen and oxygen atoms in total. The van der Waals surface area contributed by atoms with E-state index in [-0.39, 0.29) is 0 Å². The highest BCUT2D eigenvalue weighted by Gasteiger charge is 2.32. The predicted molar refractivity (Wildman–Crippen MR) is 84.4 cm³/mol. The first kappa shape index (κ1) is 13.2. The standard InChI is InChI=1S/C18H24S/c1-14-7-2-4-10-17(14)18-11-5-3-8-15(18)13-16-9-6-12-19-16/h3,5-6,8-9,11-12,14-15,17-18H,2,4,7,10,13H2,1H3/t14-,15?,17-,18?/m1/s1. The van der Waals surface area contributed by atoms with Crippen LogP contribution in [0.4, 0.5) is 0 Å². The van der Waals surface area contributed by atoms with Crippen LogP contribution in [0.15, 0.2) is 41.8 Å². The predicted octanol–water partition coefficient (Wildman–Crippen LogP) is 5.48. The smallest absolute Gasteiger partial charge is 0.00512 e. The Balaban J connectivity index is 1.74. The van der Waals surface area contributed by atoms with Gasteiger partial charge in [0.15, 0.2) is 0 Å². The molecule has 0 spiro atoms. The molecule has 2 aliphatic rings. The van der Waals surface area contributed by atoms with E-state index in [0.717, 1.165) is 17.8 Å². The van der Waals surface area contributed by atoms with Crippen LogP contribution < -0.4 is 0 Å². The van der Waals surface area contributed by atoms with Crippen LogP contribution in [-0.2, 0) is 6.42 Å². The third-order valence-corrected chi connectivity index (χ3v) is 5.89. The van der Waals surface area contributed by atoms with Gasteiger partial charge < -0.3 is 0 Å². The number of allylic oxidation sites excluding steroid dienone is 4. The van der Waals surface area contributed by atoms with Crippen molar-refractivity contribution in [3.05, 3.63) is 46.7 Å². The molecule has 0 bridgehead atoms. The van der Waals surface area contributed by atoms with Crippen molar-refractivity contribution in [2.75, 3.05) is 0 Å². The van der Waals surface area contributed by atoms with Gasteiger partial charge in [-0.25, -0.2) is 0 Å². The molecule has 1 fully saturated rings. The molecule has 1 heteroatoms. The molecule has 1 heterocycles. The molecule has 0 amide bonds. The first-order valence-electron chi connectivity index (χ1n) is 7.72. The van der Waals surface area contributed by atoms with Crippen LogP contribution >= 0.6 is 11.3 Å². The summed E-state index contributed by atoms with van der Waals surface area (Å²) in [5, 5.41) is 2.20. The monoisotopic (exact) mass is 272 g/mol. The fourth-order valence-corrected chi connectivity index (χ4v) is 4.69. The summed E-state index contributed by atoms with van der Waals surface area (Å²) < 4.78 is 0. The van der Waals surface area contributed by atoms with Crippen LogP contribution in [0, 0.1) is 23.7 Å². The van der Waals surface area contributed by atoms with E-state index in [0.29, 0.717) is 5.92 Å². The Morgan fingerprint density at radius 3 is 2.79 bits per heavy atom. The summed E-state index contributed by atoms with van der Waals surface area (Å²) in [6.45, 7) is 2.47. The number of thiophene rings is 1. The Bertz CT molecular complexity index is 440. The zero-order valence-corrected chi connectivity index (χ0v) is 12.6. The average molecular weight is 272 g/mol. The lowest BCUT2D eigenvalue weighted by molar-refractivity contribution is 0.172. The molecular formula is C18H24S. The van der Waals surface area contributed by atoms with E-state index in [9.17, 15) is 0 Å². The second-order valence-electron chi connectivity index (χ2n) is 6.22. The third-order valence-electron chi connectivity index (χ3n) is 4.99. The van der Waals surface area contributed by atoms with Crippen LogP contribution in [0.3, 0.4) is 0 Å². The summed E-state index contributed by atoms with van der Waals surface area (Å²) in [6, 6.07) is 4.47. The van der Waals surface area contributed by atoms with E-state index in [1.54, 1.807) is 4.88 Å². The summed E-state index contributed by atoms with van der Waals surface area (Å²) in [6.07, 6.45) is 16.5. The minimum atomic E-state index is 0.717. The molecular weight excluding hydrogens is 248 g/mol. The molecule has 0 aromatic carbocycles. The van der Waals surface area contributed by atoms with Crippen molar-refractivity contribution in [2.24, 2.45) is 23.7 Å². The van der Waals surface area contributed by atoms with E-state index in [1.165, 1.54) is 32.1 Å². The fourth-order valence-electron chi connectivity index (χ4n) is 3.91. The van der Waals surface area contributed by atoms with Gasteiger partial charge in [0.25, 0.3) is 0 Å². The molecule has 1 aromatic rings. The zero-order chi connectivity index (χ0) is 13.1. The molecule has 0 saturated heterocycles. The highest BCUT2D eigenvalue weighted by atomic mass is 32.1. The van der Waals surface area contributed by atoms with Gasteiger partial charge in [-0.1, -0.05) is 56.6 Å². The molecule has 19 heavy (non-hydrogen) atoms. The maximum absolute atomic E-state index is 2.49. The van der Waals surface area contributed by atoms with Crippen molar-refractivity contribution in [1.29, 1.82) is 0 Å². The molecule has 4 atom stereocenters. The van der Waals surface area contributed by atoms with Gasteiger partial charge in [0.1, 0.15) is 0 Å². The Morgan fingerprint density at radius 2 is 2.00 bits per heavy atom. The Labute approximate surface area is 121 Å². The van der Waals surface area contributed by atoms with Crippen LogP contribution in [0.5, 0.6) is 0 Å². The first-order valence-corrected chi connectivity index (χ1v) is 8.60. The first-order chi connectivity index (χ1) is 9.34. The quantitative estimate of drug-likeness (QED) is 0.684. The van der Waals surface area contributed by atoms with Gasteiger partial charge in [0.2, 0.25) is 0 Å². The molecule has 3 rings (SSSR count). The van der Waals surface area contributed by atoms with Gasteiger partial charge in [0.05, 0.1) is 0 Å². The normalized spacial score (nSPS) is 34.6. The zero-order valence-electron chi connectivity index (χ0n) is 11.8. The SMILES string of the molecule is C[C@@H]1CCCC[C@H]1C1C=CC=CC1Cc1cccs1. The van der Waals surface area contributed by atoms with Gasteiger partial charge in [-0.3, -0.25) is 0 Å². The molecule has 102 valence electrons. The fraction of sp³-hybridized carbons (Fsp3) is 0.556. The molecule has 0 radical (unpaired) electrons. The summed E-state index contributed by atoms with van der Waals surface area (Å²) in [4.78, 5) is 1.54. The highest BCUT2D eigenvalue weighted by Crippen LogP contribution is 2.41. The van der Waals surface area contributed by atoms with Crippen molar-refractivity contribution in [3.63, 3.8) is 0 Å². The summed E-state index contributed by atoms with van der Waals surface area (Å²) in [7, 11) is 0. The van der Waals surface area contributed by atoms with Crippen LogP contribution in [-0.4, -0.2) is 0 Å². The van der Waals surface area contributed by atoms with Crippen LogP contribution in [0.25, 0.3) is 0 Å². The van der Waals surface area contributed by atoms with E-state index < -0.39 is 0 Å². The lowest BCUT2D eigenvalue weighted by Gasteiger charge is -2.38. The Kier molecular flexibility index (Phi) is 4.22. The largest absolute Gasteiger partial charge is 0.149 e. The minimum Gasteiger partial charge on any atom is -0.149 e. The molecule has 2 unspecified atom stereocenters. The lowest BCUT2D eigenvalue weighted by atomic mass is 9.67. The maximum atomic E-state index is 2.49. The molecule has 0 aliphatic heterocycles. The molecule has 1 saturated carbocycles. The lowest BCUT2D eigenvalue weighted by Crippen LogP contribution is -2.30. The van der Waals surface area contributed by atoms with E-state index in [2.05, 4.69) is 48.7 Å². The van der Waals surface area contributed by atoms with Gasteiger partial charge in [0, 0.05) is 4.88 Å². The van der Waals surface area contributed by atoms with E-state index in [4.69, 9.17) is 0 Å². The molecule has 0 N–H and O–H groups in total. The van der Waals surface area contributed by atoms with Crippen molar-refractivity contribution < 1.29 is 0 Å². The summed E-state index contributed by atoms with van der Waals surface area (Å²) in [5.74, 6) is 3.29. The van der Waals surface area contributed by atoms with Crippen LogP contribution in [0.2, 0.25) is 0 Å². The van der Waals surface area contributed by atoms with Gasteiger partial charge >= 0.3 is 0 Å². The third kappa shape index (κ3) is 3.02. The van der Waals surface area contributed by atoms with Crippen molar-refractivity contribution in [3.8, 4) is 0 Å². The molecule has 1 aromatic heterocycles. The molecule has 2 aliphatic carbocycles. The Morgan fingerprint density at radius 1 is 1.16 bits per heavy atom. The van der Waals surface area contributed by atoms with E-state index in [1.807, 2.05) is 11.3 Å². The van der Waals surface area contributed by atoms with Crippen molar-refractivity contribution >= 4 is 11.3 Å². The maximum Gasteiger partial charge on any atom is 0.00512 e. The average Bonchev–Trinajstić information content (AvgIpc) is 2.93. The van der Waals surface area contributed by atoms with Gasteiger partial charge in [-0.05, 0) is 48.0 Å². The van der Waals surface area contributed by atoms with Crippen molar-refractivity contribution in [1.82, 2.24) is 0 Å². The number of hydrogen-bond acceptors (Lipinski definition) is 1. The van der Waals surface area contributed by atoms with Crippen LogP contribution in [0.1, 0.15) is 37.5 Å². The second-order valence-corrected chi connectivity index (χ2v) is 7.25. The number of hydrogen-bond donors (Lipinski definition) is 0.